The van der Waals surface area contributed by atoms with Crippen molar-refractivity contribution in [3.63, 3.8) is 0 Å². The lowest BCUT2D eigenvalue weighted by Crippen LogP contribution is -2.38. The normalized spacial score (nSPS) is 24.6. The van der Waals surface area contributed by atoms with E-state index < -0.39 is 11.6 Å². The van der Waals surface area contributed by atoms with E-state index in [9.17, 15) is 8.78 Å². The minimum atomic E-state index is -0.841. The first-order valence-electron chi connectivity index (χ1n) is 7.19. The molecular formula is C15H21BrF2N2. The Hall–Kier alpha value is -0.520. The van der Waals surface area contributed by atoms with Crippen LogP contribution in [0.4, 0.5) is 8.78 Å². The zero-order valence-electron chi connectivity index (χ0n) is 11.6. The van der Waals surface area contributed by atoms with E-state index in [2.05, 4.69) is 28.3 Å². The molecule has 0 aromatic heterocycles. The first-order chi connectivity index (χ1) is 9.60. The average molecular weight is 347 g/mol. The molecule has 0 heterocycles. The number of halogens is 3. The highest BCUT2D eigenvalue weighted by Gasteiger charge is 2.32. The monoisotopic (exact) mass is 346 g/mol. The van der Waals surface area contributed by atoms with Crippen LogP contribution in [0, 0.1) is 23.5 Å². The molecule has 3 unspecified atom stereocenters. The lowest BCUT2D eigenvalue weighted by molar-refractivity contribution is 0.175. The summed E-state index contributed by atoms with van der Waals surface area (Å²) in [5.41, 5.74) is 3.53. The van der Waals surface area contributed by atoms with Crippen LogP contribution in [0.15, 0.2) is 16.6 Å². The summed E-state index contributed by atoms with van der Waals surface area (Å²) in [7, 11) is 0. The third-order valence-corrected chi connectivity index (χ3v) is 5.31. The van der Waals surface area contributed by atoms with E-state index in [-0.39, 0.29) is 10.5 Å². The van der Waals surface area contributed by atoms with Crippen LogP contribution in [-0.4, -0.2) is 0 Å². The topological polar surface area (TPSA) is 38.0 Å². The molecule has 0 amide bonds. The van der Waals surface area contributed by atoms with Gasteiger partial charge in [-0.25, -0.2) is 8.78 Å². The van der Waals surface area contributed by atoms with Crippen molar-refractivity contribution < 1.29 is 8.78 Å². The van der Waals surface area contributed by atoms with Crippen LogP contribution in [0.5, 0.6) is 0 Å². The number of benzene rings is 1. The number of hydrogen-bond donors (Lipinski definition) is 2. The molecule has 1 aliphatic rings. The highest BCUT2D eigenvalue weighted by molar-refractivity contribution is 9.10. The smallest absolute Gasteiger partial charge is 0.173 e. The van der Waals surface area contributed by atoms with Crippen molar-refractivity contribution in [2.45, 2.75) is 45.1 Å². The number of nitrogens with one attached hydrogen (secondary N) is 1. The van der Waals surface area contributed by atoms with Crippen molar-refractivity contribution in [2.24, 2.45) is 17.7 Å². The molecular weight excluding hydrogens is 326 g/mol. The third-order valence-electron chi connectivity index (χ3n) is 4.50. The van der Waals surface area contributed by atoms with Gasteiger partial charge in [0.15, 0.2) is 11.6 Å². The van der Waals surface area contributed by atoms with Crippen LogP contribution >= 0.6 is 15.9 Å². The lowest BCUT2D eigenvalue weighted by atomic mass is 9.72. The Bertz CT molecular complexity index is 467. The fraction of sp³-hybridized carbons (Fsp3) is 0.600. The van der Waals surface area contributed by atoms with E-state index >= 15 is 0 Å². The Kier molecular flexibility index (Phi) is 5.52. The fourth-order valence-corrected chi connectivity index (χ4v) is 3.98. The van der Waals surface area contributed by atoms with Gasteiger partial charge in [0.2, 0.25) is 0 Å². The molecule has 0 spiro atoms. The van der Waals surface area contributed by atoms with Crippen molar-refractivity contribution in [1.29, 1.82) is 0 Å². The van der Waals surface area contributed by atoms with Gasteiger partial charge in [-0.3, -0.25) is 11.3 Å². The van der Waals surface area contributed by atoms with Crippen LogP contribution in [0.3, 0.4) is 0 Å². The van der Waals surface area contributed by atoms with Gasteiger partial charge in [-0.05, 0) is 45.8 Å². The fourth-order valence-electron chi connectivity index (χ4n) is 3.41. The summed E-state index contributed by atoms with van der Waals surface area (Å²) in [5.74, 6) is 4.98. The standard InChI is InChI=1S/C15H21BrF2N2/c1-2-9-5-3-4-6-10(9)15(20-19)11-7-8-12(17)14(18)13(11)16/h7-10,15,20H,2-6,19H2,1H3. The second kappa shape index (κ2) is 6.96. The van der Waals surface area contributed by atoms with E-state index in [1.807, 2.05) is 0 Å². The van der Waals surface area contributed by atoms with Crippen LogP contribution in [0.2, 0.25) is 0 Å². The number of rotatable bonds is 4. The highest BCUT2D eigenvalue weighted by Crippen LogP contribution is 2.42. The predicted molar refractivity (Wildman–Crippen MR) is 79.9 cm³/mol. The zero-order chi connectivity index (χ0) is 14.7. The molecule has 0 bridgehead atoms. The Morgan fingerprint density at radius 3 is 2.70 bits per heavy atom. The molecule has 1 aliphatic carbocycles. The molecule has 0 saturated heterocycles. The minimum absolute atomic E-state index is 0.148. The van der Waals surface area contributed by atoms with Crippen molar-refractivity contribution in [1.82, 2.24) is 5.43 Å². The van der Waals surface area contributed by atoms with Crippen molar-refractivity contribution in [3.8, 4) is 0 Å². The van der Waals surface area contributed by atoms with Crippen molar-refractivity contribution in [3.05, 3.63) is 33.8 Å². The van der Waals surface area contributed by atoms with Gasteiger partial charge in [0.1, 0.15) is 0 Å². The van der Waals surface area contributed by atoms with E-state index in [0.29, 0.717) is 17.4 Å². The SMILES string of the molecule is CCC1CCCCC1C(NN)c1ccc(F)c(F)c1Br. The third kappa shape index (κ3) is 3.05. The van der Waals surface area contributed by atoms with Gasteiger partial charge in [0.05, 0.1) is 10.5 Å². The summed E-state index contributed by atoms with van der Waals surface area (Å²) >= 11 is 3.17. The predicted octanol–water partition coefficient (Wildman–Crippen LogP) is 4.45. The Labute approximate surface area is 127 Å². The molecule has 1 saturated carbocycles. The summed E-state index contributed by atoms with van der Waals surface area (Å²) in [6, 6.07) is 2.64. The number of nitrogens with two attached hydrogens (primary N) is 1. The average Bonchev–Trinajstić information content (AvgIpc) is 2.48. The second-order valence-corrected chi connectivity index (χ2v) is 6.32. The van der Waals surface area contributed by atoms with Crippen molar-refractivity contribution >= 4 is 15.9 Å². The van der Waals surface area contributed by atoms with Crippen LogP contribution in [0.1, 0.15) is 50.6 Å². The molecule has 5 heteroatoms. The molecule has 112 valence electrons. The molecule has 1 aromatic rings. The maximum atomic E-state index is 13.7. The first-order valence-corrected chi connectivity index (χ1v) is 7.99. The molecule has 3 N–H and O–H groups in total. The summed E-state index contributed by atoms with van der Waals surface area (Å²) in [6.07, 6.45) is 5.75. The van der Waals surface area contributed by atoms with Crippen molar-refractivity contribution in [2.75, 3.05) is 0 Å². The molecule has 1 aromatic carbocycles. The van der Waals surface area contributed by atoms with Gasteiger partial charge < -0.3 is 0 Å². The largest absolute Gasteiger partial charge is 0.271 e. The van der Waals surface area contributed by atoms with E-state index in [1.54, 1.807) is 6.07 Å². The molecule has 20 heavy (non-hydrogen) atoms. The summed E-state index contributed by atoms with van der Waals surface area (Å²) in [4.78, 5) is 0. The van der Waals surface area contributed by atoms with Crippen LogP contribution < -0.4 is 11.3 Å². The Morgan fingerprint density at radius 2 is 2.05 bits per heavy atom. The maximum absolute atomic E-state index is 13.7. The van der Waals surface area contributed by atoms with Gasteiger partial charge in [-0.15, -0.1) is 0 Å². The van der Waals surface area contributed by atoms with Gasteiger partial charge >= 0.3 is 0 Å². The number of hydrogen-bond acceptors (Lipinski definition) is 2. The minimum Gasteiger partial charge on any atom is -0.271 e. The van der Waals surface area contributed by atoms with Gasteiger partial charge in [0.25, 0.3) is 0 Å². The van der Waals surface area contributed by atoms with Crippen LogP contribution in [-0.2, 0) is 0 Å². The highest BCUT2D eigenvalue weighted by atomic mass is 79.9. The Balaban J connectivity index is 2.34. The van der Waals surface area contributed by atoms with Crippen LogP contribution in [0.25, 0.3) is 0 Å². The first kappa shape index (κ1) is 15.9. The van der Waals surface area contributed by atoms with E-state index in [0.717, 1.165) is 12.8 Å². The van der Waals surface area contributed by atoms with Gasteiger partial charge in [-0.1, -0.05) is 38.7 Å². The van der Waals surface area contributed by atoms with Gasteiger partial charge in [0, 0.05) is 0 Å². The molecule has 2 rings (SSSR count). The lowest BCUT2D eigenvalue weighted by Gasteiger charge is -2.37. The molecule has 0 aliphatic heterocycles. The van der Waals surface area contributed by atoms with E-state index in [4.69, 9.17) is 5.84 Å². The maximum Gasteiger partial charge on any atom is 0.173 e. The summed E-state index contributed by atoms with van der Waals surface area (Å²) in [5, 5.41) is 0. The quantitative estimate of drug-likeness (QED) is 0.480. The molecule has 2 nitrogen and oxygen atoms in total. The molecule has 1 fully saturated rings. The summed E-state index contributed by atoms with van der Waals surface area (Å²) in [6.45, 7) is 2.18. The molecule has 3 atom stereocenters. The Morgan fingerprint density at radius 1 is 1.35 bits per heavy atom. The molecule has 0 radical (unpaired) electrons. The van der Waals surface area contributed by atoms with E-state index in [1.165, 1.54) is 25.3 Å². The number of hydrazine groups is 1. The zero-order valence-corrected chi connectivity index (χ0v) is 13.2. The summed E-state index contributed by atoms with van der Waals surface area (Å²) < 4.78 is 27.2. The second-order valence-electron chi connectivity index (χ2n) is 5.53. The van der Waals surface area contributed by atoms with Gasteiger partial charge in [-0.2, -0.15) is 0 Å².